The normalized spacial score (nSPS) is 11.4. The first-order valence-electron chi connectivity index (χ1n) is 5.58. The van der Waals surface area contributed by atoms with Crippen LogP contribution in [0, 0.1) is 15.2 Å². The van der Waals surface area contributed by atoms with Crippen LogP contribution in [0.25, 0.3) is 0 Å². The zero-order valence-corrected chi connectivity index (χ0v) is 14.0. The van der Waals surface area contributed by atoms with E-state index in [-0.39, 0.29) is 6.61 Å². The smallest absolute Gasteiger partial charge is 0.265 e. The zero-order valence-electron chi connectivity index (χ0n) is 10.3. The van der Waals surface area contributed by atoms with E-state index in [1.807, 2.05) is 12.1 Å². The van der Waals surface area contributed by atoms with Crippen molar-refractivity contribution in [3.63, 3.8) is 0 Å². The Morgan fingerprint density at radius 2 is 1.76 bits per heavy atom. The fraction of sp³-hybridized carbons (Fsp3) is 0.0769. The maximum absolute atomic E-state index is 13.7. The van der Waals surface area contributed by atoms with E-state index >= 15 is 0 Å². The summed E-state index contributed by atoms with van der Waals surface area (Å²) in [6.45, 7) is -0.0706. The van der Waals surface area contributed by atoms with Crippen LogP contribution in [0.2, 0.25) is 0 Å². The van der Waals surface area contributed by atoms with Crippen LogP contribution in [0.1, 0.15) is 5.56 Å². The van der Waals surface area contributed by atoms with Gasteiger partial charge in [-0.15, -0.1) is 0 Å². The molecular formula is C13H8ClF2IO3S. The SMILES string of the molecule is O=S(=O)(Cl)c1cc(F)cc(F)c1OCc1ccc(I)cc1. The Bertz CT molecular complexity index is 764. The molecule has 21 heavy (non-hydrogen) atoms. The number of hydrogen-bond acceptors (Lipinski definition) is 3. The third-order valence-corrected chi connectivity index (χ3v) is 4.58. The van der Waals surface area contributed by atoms with Gasteiger partial charge in [-0.25, -0.2) is 17.2 Å². The van der Waals surface area contributed by atoms with E-state index in [4.69, 9.17) is 15.4 Å². The predicted molar refractivity (Wildman–Crippen MR) is 82.9 cm³/mol. The molecular weight excluding hydrogens is 437 g/mol. The number of hydrogen-bond donors (Lipinski definition) is 0. The van der Waals surface area contributed by atoms with E-state index in [9.17, 15) is 17.2 Å². The average Bonchev–Trinajstić information content (AvgIpc) is 2.38. The molecule has 0 N–H and O–H groups in total. The summed E-state index contributed by atoms with van der Waals surface area (Å²) in [4.78, 5) is -0.729. The third-order valence-electron chi connectivity index (χ3n) is 2.53. The molecule has 0 fully saturated rings. The summed E-state index contributed by atoms with van der Waals surface area (Å²) in [6, 6.07) is 8.29. The van der Waals surface area contributed by atoms with Gasteiger partial charge in [0.1, 0.15) is 17.3 Å². The van der Waals surface area contributed by atoms with Crippen molar-refractivity contribution < 1.29 is 21.9 Å². The lowest BCUT2D eigenvalue weighted by atomic mass is 10.2. The molecule has 2 rings (SSSR count). The molecule has 0 unspecified atom stereocenters. The van der Waals surface area contributed by atoms with Crippen LogP contribution >= 0.6 is 33.3 Å². The molecule has 2 aromatic carbocycles. The van der Waals surface area contributed by atoms with E-state index in [0.29, 0.717) is 17.7 Å². The maximum Gasteiger partial charge on any atom is 0.265 e. The molecule has 0 atom stereocenters. The first-order valence-corrected chi connectivity index (χ1v) is 8.97. The van der Waals surface area contributed by atoms with Crippen LogP contribution < -0.4 is 4.74 Å². The summed E-state index contributed by atoms with van der Waals surface area (Å²) in [7, 11) is 0.845. The Morgan fingerprint density at radius 1 is 1.14 bits per heavy atom. The van der Waals surface area contributed by atoms with Crippen molar-refractivity contribution in [1.29, 1.82) is 0 Å². The van der Waals surface area contributed by atoms with Crippen LogP contribution in [0.4, 0.5) is 8.78 Å². The van der Waals surface area contributed by atoms with E-state index < -0.39 is 31.3 Å². The Kier molecular flexibility index (Phi) is 5.05. The van der Waals surface area contributed by atoms with Gasteiger partial charge in [-0.2, -0.15) is 0 Å². The van der Waals surface area contributed by atoms with Gasteiger partial charge in [-0.05, 0) is 46.4 Å². The molecule has 0 radical (unpaired) electrons. The van der Waals surface area contributed by atoms with Gasteiger partial charge in [-0.1, -0.05) is 12.1 Å². The Labute approximate surface area is 138 Å². The second-order valence-corrected chi connectivity index (χ2v) is 7.85. The summed E-state index contributed by atoms with van der Waals surface area (Å²) < 4.78 is 55.8. The van der Waals surface area contributed by atoms with Gasteiger partial charge < -0.3 is 4.74 Å². The quantitative estimate of drug-likeness (QED) is 0.527. The molecule has 0 aliphatic carbocycles. The van der Waals surface area contributed by atoms with Crippen LogP contribution in [0.5, 0.6) is 5.75 Å². The number of benzene rings is 2. The van der Waals surface area contributed by atoms with Gasteiger partial charge in [0.2, 0.25) is 0 Å². The molecule has 0 aliphatic heterocycles. The molecule has 0 heterocycles. The first kappa shape index (κ1) is 16.4. The minimum Gasteiger partial charge on any atom is -0.484 e. The van der Waals surface area contributed by atoms with Gasteiger partial charge in [-0.3, -0.25) is 0 Å². The molecule has 8 heteroatoms. The second-order valence-electron chi connectivity index (χ2n) is 4.07. The van der Waals surface area contributed by atoms with Crippen LogP contribution in [0.3, 0.4) is 0 Å². The van der Waals surface area contributed by atoms with E-state index in [1.54, 1.807) is 12.1 Å². The van der Waals surface area contributed by atoms with Crippen LogP contribution in [-0.2, 0) is 15.7 Å². The molecule has 0 saturated carbocycles. The lowest BCUT2D eigenvalue weighted by molar-refractivity contribution is 0.280. The van der Waals surface area contributed by atoms with Crippen LogP contribution in [-0.4, -0.2) is 8.42 Å². The fourth-order valence-electron chi connectivity index (χ4n) is 1.59. The minimum atomic E-state index is -4.32. The second kappa shape index (κ2) is 6.45. The molecule has 0 spiro atoms. The van der Waals surface area contributed by atoms with Crippen molar-refractivity contribution in [2.24, 2.45) is 0 Å². The minimum absolute atomic E-state index is 0.0706. The summed E-state index contributed by atoms with van der Waals surface area (Å²) in [5.74, 6) is -2.77. The lowest BCUT2D eigenvalue weighted by Crippen LogP contribution is -2.04. The highest BCUT2D eigenvalue weighted by atomic mass is 127. The molecule has 3 nitrogen and oxygen atoms in total. The Morgan fingerprint density at radius 3 is 2.33 bits per heavy atom. The van der Waals surface area contributed by atoms with Gasteiger partial charge >= 0.3 is 0 Å². The highest BCUT2D eigenvalue weighted by molar-refractivity contribution is 14.1. The molecule has 0 aromatic heterocycles. The van der Waals surface area contributed by atoms with Crippen molar-refractivity contribution in [2.75, 3.05) is 0 Å². The maximum atomic E-state index is 13.7. The van der Waals surface area contributed by atoms with Crippen molar-refractivity contribution >= 4 is 42.3 Å². The van der Waals surface area contributed by atoms with E-state index in [0.717, 1.165) is 3.57 Å². The predicted octanol–water partition coefficient (Wildman–Crippen LogP) is 4.08. The van der Waals surface area contributed by atoms with Gasteiger partial charge in [0.05, 0.1) is 0 Å². The summed E-state index contributed by atoms with van der Waals surface area (Å²) in [6.07, 6.45) is 0. The van der Waals surface area contributed by atoms with Gasteiger partial charge in [0, 0.05) is 20.3 Å². The number of ether oxygens (including phenoxy) is 1. The molecule has 0 saturated heterocycles. The van der Waals surface area contributed by atoms with Crippen molar-refractivity contribution in [2.45, 2.75) is 11.5 Å². The molecule has 0 aliphatic rings. The monoisotopic (exact) mass is 444 g/mol. The van der Waals surface area contributed by atoms with Crippen molar-refractivity contribution in [3.05, 3.63) is 57.2 Å². The van der Waals surface area contributed by atoms with Crippen molar-refractivity contribution in [1.82, 2.24) is 0 Å². The number of rotatable bonds is 4. The molecule has 0 bridgehead atoms. The molecule has 112 valence electrons. The highest BCUT2D eigenvalue weighted by Crippen LogP contribution is 2.31. The number of halogens is 4. The molecule has 2 aromatic rings. The van der Waals surface area contributed by atoms with E-state index in [1.165, 1.54) is 0 Å². The van der Waals surface area contributed by atoms with Gasteiger partial charge in [0.15, 0.2) is 11.6 Å². The summed E-state index contributed by atoms with van der Waals surface area (Å²) in [5.41, 5.74) is 0.706. The van der Waals surface area contributed by atoms with Crippen molar-refractivity contribution in [3.8, 4) is 5.75 Å². The lowest BCUT2D eigenvalue weighted by Gasteiger charge is -2.11. The highest BCUT2D eigenvalue weighted by Gasteiger charge is 2.22. The largest absolute Gasteiger partial charge is 0.484 e. The Hall–Kier alpha value is -0.930. The first-order chi connectivity index (χ1) is 9.77. The molecule has 0 amide bonds. The summed E-state index contributed by atoms with van der Waals surface area (Å²) >= 11 is 2.12. The standard InChI is InChI=1S/C13H8ClF2IO3S/c14-21(18,19)12-6-9(15)5-11(16)13(12)20-7-8-1-3-10(17)4-2-8/h1-6H,7H2. The van der Waals surface area contributed by atoms with Crippen LogP contribution in [0.15, 0.2) is 41.3 Å². The zero-order chi connectivity index (χ0) is 15.6. The average molecular weight is 445 g/mol. The topological polar surface area (TPSA) is 43.4 Å². The fourth-order valence-corrected chi connectivity index (χ4v) is 2.93. The van der Waals surface area contributed by atoms with E-state index in [2.05, 4.69) is 22.6 Å². The summed E-state index contributed by atoms with van der Waals surface area (Å²) in [5, 5.41) is 0. The van der Waals surface area contributed by atoms with Gasteiger partial charge in [0.25, 0.3) is 9.05 Å². The Balaban J connectivity index is 2.33. The third kappa shape index (κ3) is 4.27.